The maximum atomic E-state index is 13.6. The minimum atomic E-state index is -5.13. The molecule has 0 aliphatic carbocycles. The highest BCUT2D eigenvalue weighted by molar-refractivity contribution is 7.93. The third-order valence-electron chi connectivity index (χ3n) is 3.68. The van der Waals surface area contributed by atoms with Crippen LogP contribution >= 0.6 is 11.3 Å². The van der Waals surface area contributed by atoms with Crippen molar-refractivity contribution in [2.75, 3.05) is 10.0 Å². The van der Waals surface area contributed by atoms with Crippen LogP contribution in [0.3, 0.4) is 0 Å². The Morgan fingerprint density at radius 2 is 2.17 bits per heavy atom. The van der Waals surface area contributed by atoms with Gasteiger partial charge in [-0.1, -0.05) is 11.2 Å². The lowest BCUT2D eigenvalue weighted by atomic mass is 10.0. The number of amides is 1. The molecule has 0 bridgehead atoms. The predicted octanol–water partition coefficient (Wildman–Crippen LogP) is 4.23. The van der Waals surface area contributed by atoms with E-state index in [1.165, 1.54) is 0 Å². The van der Waals surface area contributed by atoms with E-state index >= 15 is 0 Å². The smallest absolute Gasteiger partial charge is 0.267 e. The third-order valence-corrected chi connectivity index (χ3v) is 6.02. The van der Waals surface area contributed by atoms with Gasteiger partial charge in [-0.05, 0) is 62.9 Å². The molecule has 2 heterocycles. The molecule has 3 aromatic rings. The number of hydrogen-bond acceptors (Lipinski definition) is 7. The number of carbonyl (C=O) groups is 2. The van der Waals surface area contributed by atoms with Crippen molar-refractivity contribution in [2.24, 2.45) is 0 Å². The van der Waals surface area contributed by atoms with Gasteiger partial charge in [-0.15, -0.1) is 11.3 Å². The molecule has 2 N–H and O–H groups in total. The molecule has 1 amide bonds. The molecule has 0 saturated carbocycles. The number of rotatable bonds is 6. The molecule has 0 aliphatic rings. The van der Waals surface area contributed by atoms with Crippen LogP contribution in [0.2, 0.25) is 2.82 Å². The fraction of sp³-hybridized carbons (Fsp3) is 0.250. The molecule has 1 aromatic carbocycles. The van der Waals surface area contributed by atoms with Crippen LogP contribution in [0.15, 0.2) is 33.0 Å². The van der Waals surface area contributed by atoms with Gasteiger partial charge < -0.3 is 9.83 Å². The van der Waals surface area contributed by atoms with Crippen molar-refractivity contribution in [1.82, 2.24) is 5.16 Å². The van der Waals surface area contributed by atoms with Crippen LogP contribution in [0.25, 0.3) is 0 Å². The first-order chi connectivity index (χ1) is 20.1. The van der Waals surface area contributed by atoms with Crippen molar-refractivity contribution in [3.8, 4) is 0 Å². The van der Waals surface area contributed by atoms with Crippen LogP contribution in [-0.4, -0.2) is 25.3 Å². The molecule has 0 fully saturated rings. The average Bonchev–Trinajstić information content (AvgIpc) is 3.52. The molecule has 0 aliphatic heterocycles. The summed E-state index contributed by atoms with van der Waals surface area (Å²) in [5, 5.41) is 3.97. The topological polar surface area (TPSA) is 118 Å². The largest absolute Gasteiger partial charge is 0.337 e. The van der Waals surface area contributed by atoms with Gasteiger partial charge in [0.25, 0.3) is 15.9 Å². The van der Waals surface area contributed by atoms with Gasteiger partial charge in [0.2, 0.25) is 5.88 Å². The second-order valence-corrected chi connectivity index (χ2v) is 8.20. The molecule has 0 radical (unpaired) electrons. The molecule has 2 aromatic heterocycles. The van der Waals surface area contributed by atoms with Gasteiger partial charge in [-0.3, -0.25) is 9.59 Å². The third kappa shape index (κ3) is 4.14. The van der Waals surface area contributed by atoms with Crippen LogP contribution in [0.1, 0.15) is 67.1 Å². The number of ketones is 1. The number of anilines is 2. The van der Waals surface area contributed by atoms with Crippen LogP contribution < -0.4 is 10.0 Å². The monoisotopic (exact) mass is 462 g/mol. The number of aromatic nitrogens is 1. The lowest BCUT2D eigenvalue weighted by molar-refractivity contribution is 0.101. The molecule has 0 saturated heterocycles. The van der Waals surface area contributed by atoms with E-state index in [0.29, 0.717) is 17.4 Å². The first-order valence-corrected chi connectivity index (χ1v) is 10.1. The van der Waals surface area contributed by atoms with Gasteiger partial charge in [-0.25, -0.2) is 13.1 Å². The van der Waals surface area contributed by atoms with E-state index in [4.69, 9.17) is 25.2 Å². The molecule has 30 heavy (non-hydrogen) atoms. The molecule has 0 atom stereocenters. The number of nitrogens with one attached hydrogen (secondary N) is 2. The summed E-state index contributed by atoms with van der Waals surface area (Å²) in [6, 6.07) is -0.0760. The minimum absolute atomic E-state index is 0.276. The highest BCUT2D eigenvalue weighted by atomic mass is 32.2. The van der Waals surface area contributed by atoms with Crippen molar-refractivity contribution in [3.63, 3.8) is 0 Å². The minimum Gasteiger partial charge on any atom is -0.337 e. The summed E-state index contributed by atoms with van der Waals surface area (Å²) < 4.78 is 148. The number of aryl methyl sites for hydroxylation is 3. The van der Waals surface area contributed by atoms with Crippen molar-refractivity contribution in [3.05, 3.63) is 56.4 Å². The fourth-order valence-electron chi connectivity index (χ4n) is 2.24. The van der Waals surface area contributed by atoms with E-state index in [0.717, 1.165) is 18.4 Å². The summed E-state index contributed by atoms with van der Waals surface area (Å²) in [6.45, 7) is -12.0. The Kier molecular flexibility index (Phi) is 2.53. The summed E-state index contributed by atoms with van der Waals surface area (Å²) in [5.74, 6) is -4.50. The van der Waals surface area contributed by atoms with Gasteiger partial charge in [0.05, 0.1) is 12.8 Å². The van der Waals surface area contributed by atoms with E-state index < -0.39 is 98.9 Å². The zero-order chi connectivity index (χ0) is 34.8. The van der Waals surface area contributed by atoms with Crippen molar-refractivity contribution >= 4 is 44.6 Å². The zero-order valence-electron chi connectivity index (χ0n) is 29.9. The maximum absolute atomic E-state index is 13.6. The van der Waals surface area contributed by atoms with Gasteiger partial charge in [0.1, 0.15) is 9.77 Å². The highest BCUT2D eigenvalue weighted by Crippen LogP contribution is 2.29. The zero-order valence-corrected chi connectivity index (χ0v) is 16.6. The van der Waals surface area contributed by atoms with Crippen LogP contribution in [0.5, 0.6) is 0 Å². The number of sulfonamides is 1. The maximum Gasteiger partial charge on any atom is 0.267 e. The Balaban J connectivity index is 2.28. The Morgan fingerprint density at radius 1 is 1.33 bits per heavy atom. The molecule has 8 nitrogen and oxygen atoms in total. The number of thiophene rings is 1. The van der Waals surface area contributed by atoms with E-state index in [1.807, 2.05) is 0 Å². The Bertz CT molecular complexity index is 1770. The molecule has 0 spiro atoms. The van der Waals surface area contributed by atoms with E-state index in [-0.39, 0.29) is 15.6 Å². The summed E-state index contributed by atoms with van der Waals surface area (Å²) in [7, 11) is -5.13. The molecule has 0 unspecified atom stereocenters. The first-order valence-electron chi connectivity index (χ1n) is 15.2. The average molecular weight is 463 g/mol. The van der Waals surface area contributed by atoms with Crippen molar-refractivity contribution < 1.29 is 43.2 Å². The fourth-order valence-corrected chi connectivity index (χ4v) is 4.50. The standard InChI is InChI=1S/C20H21N3O5S2/c1-10-8-11(2)17(15(9-10)14(5)24)21-19(25)18-16(6-7-29-18)30(26,27)23-20-12(3)13(4)22-28-20/h6-9,23H,1-5H3,(H,21,25)/i1D3,2D3,4D3,5D3,9D/hD2. The van der Waals surface area contributed by atoms with Crippen LogP contribution in [0, 0.1) is 27.5 Å². The summed E-state index contributed by atoms with van der Waals surface area (Å²) >= 11 is 0.368. The molecular formula is C20H21N3O5S2. The lowest BCUT2D eigenvalue weighted by Crippen LogP contribution is -2.20. The summed E-state index contributed by atoms with van der Waals surface area (Å²) in [5.41, 5.74) is -5.94. The van der Waals surface area contributed by atoms with E-state index in [2.05, 4.69) is 5.16 Å². The second-order valence-electron chi connectivity index (χ2n) is 5.71. The van der Waals surface area contributed by atoms with Gasteiger partial charge in [0, 0.05) is 27.6 Å². The lowest BCUT2D eigenvalue weighted by Gasteiger charge is -2.14. The number of carbonyl (C=O) groups excluding carboxylic acids is 2. The van der Waals surface area contributed by atoms with E-state index in [1.54, 1.807) is 0 Å². The van der Waals surface area contributed by atoms with Crippen LogP contribution in [-0.2, 0) is 10.0 Å². The Morgan fingerprint density at radius 3 is 2.83 bits per heavy atom. The number of Topliss-reactive ketones (excluding diaryl/α,β-unsaturated/α-hetero) is 1. The SMILES string of the molecule is [2H]c1c(C([2H])([2H])[2H])cc(C([2H])([2H])[2H])c(N([2H])C(=O)c2sccc2S(=O)(=O)N([2H])c2onc(C([2H])([2H])[2H])c2C)c1C(=O)C([2H])([2H])[2H]. The van der Waals surface area contributed by atoms with Gasteiger partial charge in [-0.2, -0.15) is 0 Å². The van der Waals surface area contributed by atoms with Gasteiger partial charge in [0.15, 0.2) is 8.61 Å². The van der Waals surface area contributed by atoms with E-state index in [9.17, 15) is 18.0 Å². The molecule has 10 heteroatoms. The Labute approximate surface area is 199 Å². The quantitative estimate of drug-likeness (QED) is 0.529. The van der Waals surface area contributed by atoms with Crippen LogP contribution in [0.4, 0.5) is 11.6 Å². The first kappa shape index (κ1) is 9.44. The summed E-state index contributed by atoms with van der Waals surface area (Å²) in [4.78, 5) is 24.8. The number of hydrogen-bond donors (Lipinski definition) is 2. The molecular weight excluding hydrogens is 426 g/mol. The predicted molar refractivity (Wildman–Crippen MR) is 115 cm³/mol. The second kappa shape index (κ2) is 8.04. The van der Waals surface area contributed by atoms with Crippen molar-refractivity contribution in [1.29, 1.82) is 0 Å². The number of nitrogens with zero attached hydrogens (tertiary/aromatic N) is 1. The molecule has 3 rings (SSSR count). The summed E-state index contributed by atoms with van der Waals surface area (Å²) in [6.07, 6.45) is 0. The Hall–Kier alpha value is -2.98. The van der Waals surface area contributed by atoms with Crippen molar-refractivity contribution in [2.45, 2.75) is 39.2 Å². The molecule has 158 valence electrons. The van der Waals surface area contributed by atoms with Gasteiger partial charge >= 0.3 is 0 Å². The number of benzene rings is 1. The highest BCUT2D eigenvalue weighted by Gasteiger charge is 2.27. The normalized spacial score (nSPS) is 20.4.